The maximum Gasteiger partial charge on any atom is 0.322 e. The maximum absolute atomic E-state index is 13.1. The van der Waals surface area contributed by atoms with Crippen molar-refractivity contribution in [3.63, 3.8) is 0 Å². The first kappa shape index (κ1) is 94.7. The van der Waals surface area contributed by atoms with E-state index in [1.165, 1.54) is 78.7 Å². The van der Waals surface area contributed by atoms with Gasteiger partial charge in [0.15, 0.2) is 26.9 Å². The van der Waals surface area contributed by atoms with Crippen LogP contribution in [0.1, 0.15) is 118 Å². The molecule has 9 N–H and O–H groups in total. The SMILES string of the molecule is C.C.C.C.COc1cc2c(cc1OC)CN(c1nc(C(=O)Nc3ccccc3N3CCNCC3)cs1)CC2.O=C(Nc1ccccc1N1CCNCC1)c1csc(N2CCc3ccccc3C2)n1.O=C(Nc1ccccc1N1CCNCC1)c1csc(N2Cc3ccncc3C2)n1.O=C1NC(=O)C2(CCN(c3ccccc3NC(=O)c3csc(-n4cc5ccccc5n4)n3)CC2)N1. The van der Waals surface area contributed by atoms with Gasteiger partial charge in [0.1, 0.15) is 28.3 Å². The van der Waals surface area contributed by atoms with Crippen molar-refractivity contribution in [3.8, 4) is 16.6 Å². The molecule has 8 aliphatic rings. The van der Waals surface area contributed by atoms with E-state index < -0.39 is 11.6 Å². The van der Waals surface area contributed by atoms with E-state index in [0.29, 0.717) is 59.5 Å². The fourth-order valence-electron chi connectivity index (χ4n) is 17.0. The first-order valence-corrected chi connectivity index (χ1v) is 46.4. The Balaban J connectivity index is 0.000000141. The predicted molar refractivity (Wildman–Crippen MR) is 533 cm³/mol. The van der Waals surface area contributed by atoms with Crippen LogP contribution in [-0.4, -0.2) is 195 Å². The van der Waals surface area contributed by atoms with E-state index in [2.05, 4.69) is 161 Å². The van der Waals surface area contributed by atoms with Crippen LogP contribution in [0.3, 0.4) is 0 Å². The lowest BCUT2D eigenvalue weighted by molar-refractivity contribution is -0.124. The van der Waals surface area contributed by atoms with Gasteiger partial charge in [-0.1, -0.05) is 121 Å². The number of nitrogens with one attached hydrogen (secondary N) is 9. The first-order chi connectivity index (χ1) is 62.7. The summed E-state index contributed by atoms with van der Waals surface area (Å²) in [6.45, 7) is 17.3. The first-order valence-electron chi connectivity index (χ1n) is 42.8. The summed E-state index contributed by atoms with van der Waals surface area (Å²) in [6.07, 6.45) is 8.48. The van der Waals surface area contributed by atoms with Gasteiger partial charge in [-0.15, -0.1) is 45.3 Å². The Kier molecular flexibility index (Phi) is 31.2. The van der Waals surface area contributed by atoms with Gasteiger partial charge in [0.2, 0.25) is 5.13 Å². The molecule has 14 heterocycles. The number of imide groups is 1. The monoisotopic (exact) mass is 1860 g/mol. The third-order valence-corrected chi connectivity index (χ3v) is 27.4. The Morgan fingerprint density at radius 1 is 0.394 bits per heavy atom. The summed E-state index contributed by atoms with van der Waals surface area (Å²) in [4.78, 5) is 114. The Labute approximate surface area is 785 Å². The number of fused-ring (bicyclic) bond motifs is 4. The van der Waals surface area contributed by atoms with E-state index in [-0.39, 0.29) is 59.2 Å². The molecule has 1 spiro atoms. The number of piperazine rings is 3. The van der Waals surface area contributed by atoms with E-state index in [1.54, 1.807) is 24.3 Å². The van der Waals surface area contributed by atoms with Gasteiger partial charge in [-0.05, 0) is 132 Å². The van der Waals surface area contributed by atoms with E-state index in [1.807, 2.05) is 150 Å². The number of carbonyl (C=O) groups excluding carboxylic acids is 6. The Morgan fingerprint density at radius 3 is 1.21 bits per heavy atom. The molecule has 0 saturated carbocycles. The molecule has 6 aromatic heterocycles. The number of hydrogen-bond donors (Lipinski definition) is 9. The van der Waals surface area contributed by atoms with E-state index in [0.717, 1.165) is 208 Å². The van der Waals surface area contributed by atoms with Crippen molar-refractivity contribution >= 4 is 153 Å². The average Bonchev–Trinajstić information content (AvgIpc) is 1.63. The molecule has 13 aromatic rings. The van der Waals surface area contributed by atoms with Crippen LogP contribution in [-0.2, 0) is 43.8 Å². The van der Waals surface area contributed by atoms with E-state index >= 15 is 0 Å². The Hall–Kier alpha value is -13.4. The van der Waals surface area contributed by atoms with E-state index in [9.17, 15) is 28.8 Å². The largest absolute Gasteiger partial charge is 0.493 e. The maximum atomic E-state index is 13.1. The highest BCUT2D eigenvalue weighted by molar-refractivity contribution is 7.14. The second-order valence-corrected chi connectivity index (χ2v) is 35.2. The van der Waals surface area contributed by atoms with Crippen LogP contribution in [0.2, 0.25) is 0 Å². The number of carbonyl (C=O) groups is 6. The standard InChI is InChI=1S/C25H29N5O3S.C24H21N7O3S.C23H25N5OS.C21H22N6OS.4CH4/c1-32-22-13-17-7-10-30(15-18(17)14-23(22)33-2)25-28-20(16-34-25)24(31)27-19-5-3-4-6-21(19)29-11-8-26-9-12-29;32-20(18-14-35-23(26-18)31-13-15-5-1-2-6-16(15)29-31)25-17-7-3-4-8-19(17)30-11-9-24(10-12-30)21(33)27-22(34)28-24;29-22(25-19-7-3-4-8-21(19)27-13-10-24-11-14-27)20-16-30-23(26-20)28-12-9-17-5-1-2-6-18(17)15-28;28-20(24-17-3-1-2-4-19(17)26-9-7-22-8-10-26)18-14-29-21(25-18)27-12-15-5-6-23-11-16(15)13-27;;;;/h3-6,13-14,16,26H,7-12,15H2,1-2H3,(H,27,31);1-8,13-14H,9-12H2,(H,25,32)(H2,27,28,33,34);1-8,16,24H,9-15H2,(H,25,29);1-6,11,14,22H,7-10,12-13H2,(H,24,28);4*1H4. The summed E-state index contributed by atoms with van der Waals surface area (Å²) in [5, 5.41) is 43.4. The minimum atomic E-state index is -0.847. The molecule has 8 aliphatic heterocycles. The topological polar surface area (TPSA) is 334 Å². The van der Waals surface area contributed by atoms with Crippen molar-refractivity contribution in [2.24, 2.45) is 0 Å². The van der Waals surface area contributed by atoms with Crippen LogP contribution in [0.15, 0.2) is 204 Å². The van der Waals surface area contributed by atoms with Crippen molar-refractivity contribution in [3.05, 3.63) is 260 Å². The summed E-state index contributed by atoms with van der Waals surface area (Å²) in [5.74, 6) is 0.384. The molecule has 5 fully saturated rings. The number of thiazole rings is 4. The highest BCUT2D eigenvalue weighted by Crippen LogP contribution is 2.40. The molecule has 21 rings (SSSR count). The number of benzene rings is 7. The quantitative estimate of drug-likeness (QED) is 0.0360. The minimum absolute atomic E-state index is 0. The number of piperidine rings is 1. The molecular formula is C97H113N23O8S4. The molecule has 0 atom stereocenters. The van der Waals surface area contributed by atoms with Crippen molar-refractivity contribution in [2.75, 3.05) is 175 Å². The van der Waals surface area contributed by atoms with E-state index in [4.69, 9.17) is 9.47 Å². The molecule has 0 radical (unpaired) electrons. The second kappa shape index (κ2) is 43.5. The van der Waals surface area contributed by atoms with Crippen LogP contribution in [0.4, 0.5) is 65.7 Å². The third kappa shape index (κ3) is 21.6. The molecule has 688 valence electrons. The number of aromatic nitrogens is 7. The molecule has 35 heteroatoms. The normalized spacial score (nSPS) is 15.7. The smallest absolute Gasteiger partial charge is 0.322 e. The summed E-state index contributed by atoms with van der Waals surface area (Å²) in [6, 6.07) is 53.5. The molecule has 5 saturated heterocycles. The van der Waals surface area contributed by atoms with Gasteiger partial charge >= 0.3 is 6.03 Å². The number of anilines is 11. The zero-order valence-corrected chi connectivity index (χ0v) is 74.0. The fraction of sp³-hybridized carbons (Fsp3) is 0.320. The molecule has 0 unspecified atom stereocenters. The summed E-state index contributed by atoms with van der Waals surface area (Å²) in [5.41, 5.74) is 16.5. The highest BCUT2D eigenvalue weighted by atomic mass is 32.1. The number of urea groups is 1. The lowest BCUT2D eigenvalue weighted by Gasteiger charge is -2.38. The molecule has 132 heavy (non-hydrogen) atoms. The summed E-state index contributed by atoms with van der Waals surface area (Å²) < 4.78 is 12.6. The van der Waals surface area contributed by atoms with Gasteiger partial charge in [-0.2, -0.15) is 5.10 Å². The van der Waals surface area contributed by atoms with Crippen molar-refractivity contribution in [1.82, 2.24) is 61.3 Å². The summed E-state index contributed by atoms with van der Waals surface area (Å²) in [7, 11) is 3.31. The van der Waals surface area contributed by atoms with Crippen molar-refractivity contribution in [2.45, 2.75) is 87.1 Å². The molecular weight excluding hydrogens is 1740 g/mol. The van der Waals surface area contributed by atoms with Crippen molar-refractivity contribution < 1.29 is 38.2 Å². The number of pyridine rings is 1. The van der Waals surface area contributed by atoms with Crippen LogP contribution in [0.25, 0.3) is 16.0 Å². The number of rotatable bonds is 18. The molecule has 31 nitrogen and oxygen atoms in total. The molecule has 0 bridgehead atoms. The third-order valence-electron chi connectivity index (χ3n) is 23.8. The van der Waals surface area contributed by atoms with Crippen LogP contribution in [0.5, 0.6) is 11.5 Å². The fourth-order valence-corrected chi connectivity index (χ4v) is 20.2. The van der Waals surface area contributed by atoms with Crippen LogP contribution >= 0.6 is 45.3 Å². The van der Waals surface area contributed by atoms with Crippen LogP contribution in [0, 0.1) is 0 Å². The number of amides is 7. The zero-order chi connectivity index (χ0) is 87.5. The minimum Gasteiger partial charge on any atom is -0.493 e. The average molecular weight is 1860 g/mol. The zero-order valence-electron chi connectivity index (χ0n) is 70.8. The van der Waals surface area contributed by atoms with Gasteiger partial charge in [0.25, 0.3) is 29.5 Å². The second-order valence-electron chi connectivity index (χ2n) is 31.9. The van der Waals surface area contributed by atoms with Gasteiger partial charge in [-0.25, -0.2) is 29.4 Å². The molecule has 7 aromatic carbocycles. The Morgan fingerprint density at radius 2 is 0.765 bits per heavy atom. The van der Waals surface area contributed by atoms with Gasteiger partial charge in [0, 0.05) is 176 Å². The van der Waals surface area contributed by atoms with Gasteiger partial charge in [-0.3, -0.25) is 34.3 Å². The number of methoxy groups -OCH3 is 2. The number of para-hydroxylation sites is 8. The molecule has 0 aliphatic carbocycles. The predicted octanol–water partition coefficient (Wildman–Crippen LogP) is 14.9. The van der Waals surface area contributed by atoms with Gasteiger partial charge < -0.3 is 86.3 Å². The van der Waals surface area contributed by atoms with Gasteiger partial charge in [0.05, 0.1) is 65.2 Å². The Bertz CT molecular complexity index is 6130. The number of hydrogen-bond acceptors (Lipinski definition) is 28. The van der Waals surface area contributed by atoms with Crippen LogP contribution < -0.4 is 91.6 Å². The van der Waals surface area contributed by atoms with Crippen molar-refractivity contribution in [1.29, 1.82) is 0 Å². The lowest BCUT2D eigenvalue weighted by Crippen LogP contribution is -2.55. The lowest BCUT2D eigenvalue weighted by atomic mass is 9.87. The highest BCUT2D eigenvalue weighted by Gasteiger charge is 2.48. The summed E-state index contributed by atoms with van der Waals surface area (Å²) >= 11 is 5.89. The number of nitrogens with zero attached hydrogens (tertiary/aromatic N) is 14. The number of ether oxygens (including phenoxy) is 2. The molecule has 7 amide bonds.